The van der Waals surface area contributed by atoms with Gasteiger partial charge in [0.15, 0.2) is 22.3 Å². The van der Waals surface area contributed by atoms with E-state index in [0.717, 1.165) is 34.1 Å². The maximum atomic E-state index is 13.5. The molecule has 2 aliphatic heterocycles. The van der Waals surface area contributed by atoms with E-state index in [2.05, 4.69) is 30.5 Å². The summed E-state index contributed by atoms with van der Waals surface area (Å²) in [6.07, 6.45) is 0.884. The molecule has 1 saturated heterocycles. The lowest BCUT2D eigenvalue weighted by Gasteiger charge is -2.49. The average Bonchev–Trinajstić information content (AvgIpc) is 3.74. The lowest BCUT2D eigenvalue weighted by molar-refractivity contribution is -0.150. The summed E-state index contributed by atoms with van der Waals surface area (Å²) in [5.41, 5.74) is 5.09. The number of nitrogen functional groups attached to an aromatic ring is 1. The van der Waals surface area contributed by atoms with Crippen LogP contribution in [0.1, 0.15) is 27.3 Å². The fourth-order valence-corrected chi connectivity index (χ4v) is 8.08. The number of aromatic nitrogens is 5. The molecule has 2 aliphatic rings. The van der Waals surface area contributed by atoms with Crippen molar-refractivity contribution in [1.82, 2.24) is 34.8 Å². The number of hydrogen-bond acceptors (Lipinski definition) is 17. The molecule has 1 aromatic carbocycles. The summed E-state index contributed by atoms with van der Waals surface area (Å²) in [5.74, 6) is -6.77. The number of thiazole rings is 1. The van der Waals surface area contributed by atoms with Crippen LogP contribution >= 0.6 is 34.9 Å². The van der Waals surface area contributed by atoms with E-state index in [1.54, 1.807) is 0 Å². The number of β-lactam (4-membered cyclic amide) rings is 1. The molecule has 0 bridgehead atoms. The normalized spacial score (nSPS) is 17.2. The number of rotatable bonds is 13. The van der Waals surface area contributed by atoms with Gasteiger partial charge in [0.25, 0.3) is 17.6 Å². The molecule has 5 heterocycles. The molecule has 6 rings (SSSR count). The Morgan fingerprint density at radius 3 is 2.59 bits per heavy atom. The number of nitrogens with zero attached hydrogens (tertiary/aromatic N) is 7. The predicted octanol–water partition coefficient (Wildman–Crippen LogP) is 0.351. The van der Waals surface area contributed by atoms with Crippen LogP contribution in [0.3, 0.4) is 0 Å². The first-order valence-corrected chi connectivity index (χ1v) is 17.2. The molecule has 3 aromatic heterocycles. The number of carboxylic acid groups (broad SMARTS) is 3. The molecule has 2 amide bonds. The number of carbonyl (C=O) groups excluding carboxylic acids is 2. The fourth-order valence-electron chi connectivity index (χ4n) is 5.02. The van der Waals surface area contributed by atoms with Crippen molar-refractivity contribution in [1.29, 1.82) is 0 Å². The van der Waals surface area contributed by atoms with Crippen molar-refractivity contribution in [2.75, 3.05) is 17.2 Å². The van der Waals surface area contributed by atoms with E-state index in [9.17, 15) is 44.4 Å². The van der Waals surface area contributed by atoms with E-state index in [-0.39, 0.29) is 51.5 Å². The molecule has 1 fully saturated rings. The van der Waals surface area contributed by atoms with Gasteiger partial charge in [-0.1, -0.05) is 11.2 Å². The molecule has 0 aliphatic carbocycles. The number of phenols is 2. The van der Waals surface area contributed by atoms with Gasteiger partial charge >= 0.3 is 17.9 Å². The number of carbonyl (C=O) groups is 5. The number of nitrogens with two attached hydrogens (primary N) is 1. The minimum Gasteiger partial charge on any atom is -0.504 e. The molecule has 0 unspecified atom stereocenters. The highest BCUT2D eigenvalue weighted by atomic mass is 32.2. The quantitative estimate of drug-likeness (QED) is 0.0242. The van der Waals surface area contributed by atoms with Crippen molar-refractivity contribution in [2.45, 2.75) is 29.5 Å². The van der Waals surface area contributed by atoms with Gasteiger partial charge in [0.05, 0.1) is 12.1 Å². The van der Waals surface area contributed by atoms with Crippen molar-refractivity contribution in [3.63, 3.8) is 0 Å². The lowest BCUT2D eigenvalue weighted by Crippen LogP contribution is -2.71. The lowest BCUT2D eigenvalue weighted by atomic mass is 10.0. The number of fused-ring (bicyclic) bond motifs is 2. The third kappa shape index (κ3) is 6.93. The van der Waals surface area contributed by atoms with E-state index in [1.165, 1.54) is 40.1 Å². The van der Waals surface area contributed by atoms with Gasteiger partial charge in [-0.2, -0.15) is 14.6 Å². The topological polar surface area (TPSA) is 305 Å². The van der Waals surface area contributed by atoms with Crippen molar-refractivity contribution in [2.24, 2.45) is 5.16 Å². The average molecular weight is 758 g/mol. The minimum atomic E-state index is -1.47. The van der Waals surface area contributed by atoms with Crippen molar-refractivity contribution in [3.05, 3.63) is 63.7 Å². The zero-order valence-electron chi connectivity index (χ0n) is 25.5. The molecule has 8 N–H and O–H groups in total. The number of carboxylic acids is 3. The summed E-state index contributed by atoms with van der Waals surface area (Å²) >= 11 is 3.36. The van der Waals surface area contributed by atoms with E-state index < -0.39 is 70.5 Å². The van der Waals surface area contributed by atoms with Crippen LogP contribution in [0.5, 0.6) is 11.5 Å². The van der Waals surface area contributed by atoms with Gasteiger partial charge in [-0.15, -0.1) is 34.9 Å². The van der Waals surface area contributed by atoms with Crippen molar-refractivity contribution < 1.29 is 54.3 Å². The third-order valence-electron chi connectivity index (χ3n) is 7.36. The molecule has 264 valence electrons. The summed E-state index contributed by atoms with van der Waals surface area (Å²) in [7, 11) is 0. The highest BCUT2D eigenvalue weighted by Crippen LogP contribution is 2.42. The summed E-state index contributed by atoms with van der Waals surface area (Å²) in [5, 5.41) is 60.2. The molecule has 2 atom stereocenters. The number of hydrogen-bond donors (Lipinski definition) is 7. The third-order valence-corrected chi connectivity index (χ3v) is 10.4. The molecule has 0 spiro atoms. The number of thioether (sulfide) groups is 2. The number of benzene rings is 1. The molecule has 20 nitrogen and oxygen atoms in total. The Labute approximate surface area is 296 Å². The molecular formula is C28H23N9O11S3. The molecule has 23 heteroatoms. The van der Waals surface area contributed by atoms with E-state index >= 15 is 0 Å². The molecule has 51 heavy (non-hydrogen) atoms. The van der Waals surface area contributed by atoms with Gasteiger partial charge in [-0.3, -0.25) is 19.3 Å². The summed E-state index contributed by atoms with van der Waals surface area (Å²) in [6, 6.07) is 2.58. The highest BCUT2D eigenvalue weighted by Gasteiger charge is 2.54. The van der Waals surface area contributed by atoms with Crippen LogP contribution in [-0.2, 0) is 37.0 Å². The van der Waals surface area contributed by atoms with Gasteiger partial charge < -0.3 is 41.4 Å². The number of nitrogens with one attached hydrogen (secondary N) is 1. The van der Waals surface area contributed by atoms with Crippen LogP contribution in [0.25, 0.3) is 5.78 Å². The maximum absolute atomic E-state index is 13.5. The summed E-state index contributed by atoms with van der Waals surface area (Å²) in [4.78, 5) is 80.2. The van der Waals surface area contributed by atoms with Crippen molar-refractivity contribution in [3.8, 4) is 11.5 Å². The summed E-state index contributed by atoms with van der Waals surface area (Å²) in [6.45, 7) is -0.513. The van der Waals surface area contributed by atoms with Gasteiger partial charge in [0.1, 0.15) is 46.3 Å². The van der Waals surface area contributed by atoms with Gasteiger partial charge in [0.2, 0.25) is 0 Å². The molecular weight excluding hydrogens is 735 g/mol. The number of aromatic carboxylic acids is 1. The van der Waals surface area contributed by atoms with Crippen LogP contribution < -0.4 is 11.1 Å². The first-order valence-electron chi connectivity index (χ1n) is 14.3. The standard InChI is InChI=1S/C28H23N9O11S3/c29-27-33-14(8-51-27)17(35-48-5-10-1-2-13(25(44)45)21(41)20(10)40)22(42)34-18-23(43)36-19(26(46)47)11(7-50-24(18)36)6-49-15-3-12(4-16(38)39)32-28-30-9-31-37(15)28/h1-3,8-9,18,24,40-41H,4-7H2,(H2,29,33)(H,34,42)(H,38,39)(H,44,45)(H,46,47)/t18-,24-/m1/s1. The second kappa shape index (κ2) is 14.1. The van der Waals surface area contributed by atoms with Gasteiger partial charge in [0, 0.05) is 22.4 Å². The fraction of sp³-hybridized carbons (Fsp3) is 0.214. The molecule has 4 aromatic rings. The Kier molecular flexibility index (Phi) is 9.67. The molecule has 0 radical (unpaired) electrons. The Bertz CT molecular complexity index is 2180. The van der Waals surface area contributed by atoms with Crippen LogP contribution in [0, 0.1) is 0 Å². The Morgan fingerprint density at radius 1 is 1.12 bits per heavy atom. The predicted molar refractivity (Wildman–Crippen MR) is 177 cm³/mol. The minimum absolute atomic E-state index is 0.0160. The van der Waals surface area contributed by atoms with Crippen molar-refractivity contribution >= 4 is 81.2 Å². The largest absolute Gasteiger partial charge is 0.504 e. The van der Waals surface area contributed by atoms with Crippen LogP contribution in [0.4, 0.5) is 5.13 Å². The number of aliphatic carboxylic acids is 2. The second-order valence-electron chi connectivity index (χ2n) is 10.6. The Balaban J connectivity index is 1.18. The number of phenolic OH excluding ortho intramolecular Hbond substituents is 1. The van der Waals surface area contributed by atoms with E-state index in [0.29, 0.717) is 10.6 Å². The number of anilines is 1. The Morgan fingerprint density at radius 2 is 1.90 bits per heavy atom. The van der Waals surface area contributed by atoms with Crippen LogP contribution in [-0.4, -0.2) is 113 Å². The Hall–Kier alpha value is -5.94. The first-order chi connectivity index (χ1) is 24.3. The second-order valence-corrected chi connectivity index (χ2v) is 13.6. The number of amides is 2. The summed E-state index contributed by atoms with van der Waals surface area (Å²) < 4.78 is 1.39. The number of oxime groups is 1. The van der Waals surface area contributed by atoms with E-state index in [1.807, 2.05) is 0 Å². The smallest absolute Gasteiger partial charge is 0.352 e. The van der Waals surface area contributed by atoms with Gasteiger partial charge in [-0.25, -0.2) is 19.6 Å². The zero-order valence-corrected chi connectivity index (χ0v) is 27.9. The SMILES string of the molecule is Nc1nc(C(=NOCc2ccc(C(=O)O)c(O)c2O)C(=O)N[C@@H]2C(=O)N3C(C(=O)O)=C(CSc4cc(CC(=O)O)nc5ncnn45)CS[C@H]23)cs1. The number of aromatic hydroxyl groups is 2. The van der Waals surface area contributed by atoms with E-state index in [4.69, 9.17) is 15.7 Å². The van der Waals surface area contributed by atoms with Crippen LogP contribution in [0.2, 0.25) is 0 Å². The first kappa shape index (κ1) is 34.9. The highest BCUT2D eigenvalue weighted by molar-refractivity contribution is 8.01. The van der Waals surface area contributed by atoms with Gasteiger partial charge in [-0.05, 0) is 17.7 Å². The van der Waals surface area contributed by atoms with Crippen LogP contribution in [0.15, 0.2) is 51.4 Å². The monoisotopic (exact) mass is 757 g/mol. The maximum Gasteiger partial charge on any atom is 0.352 e. The molecule has 0 saturated carbocycles. The zero-order chi connectivity index (χ0) is 36.6.